The molecular formula is C26H21F2N5O. The number of rotatable bonds is 5. The van der Waals surface area contributed by atoms with Gasteiger partial charge < -0.3 is 20.7 Å². The number of hydrogen-bond acceptors (Lipinski definition) is 6. The molecule has 6 nitrogen and oxygen atoms in total. The Morgan fingerprint density at radius 3 is 2.56 bits per heavy atom. The number of nitrogen functional groups attached to an aromatic ring is 1. The van der Waals surface area contributed by atoms with Crippen molar-refractivity contribution in [3.05, 3.63) is 102 Å². The lowest BCUT2D eigenvalue weighted by Crippen LogP contribution is -2.20. The van der Waals surface area contributed by atoms with E-state index >= 15 is 0 Å². The van der Waals surface area contributed by atoms with Crippen LogP contribution in [0.3, 0.4) is 0 Å². The first-order chi connectivity index (χ1) is 16.5. The smallest absolute Gasteiger partial charge is 0.167 e. The zero-order valence-electron chi connectivity index (χ0n) is 18.3. The van der Waals surface area contributed by atoms with Crippen LogP contribution in [-0.2, 0) is 6.54 Å². The fraction of sp³-hybridized carbons (Fsp3) is 0.0769. The zero-order valence-corrected chi connectivity index (χ0v) is 18.3. The minimum atomic E-state index is -0.530. The molecule has 0 amide bonds. The predicted molar refractivity (Wildman–Crippen MR) is 129 cm³/mol. The van der Waals surface area contributed by atoms with E-state index < -0.39 is 5.82 Å². The standard InChI is InChI=1S/C26H21F2N5O/c1-16-23(9-12-30-25(16)29)34-24-7-4-19(14-22(24)28)32-26-21-15-33(13-10-17(21)8-11-31-26)20-5-2-18(27)3-6-20/h2-14H,15H2,1H3,(H2,29,30)(H,31,32). The summed E-state index contributed by atoms with van der Waals surface area (Å²) >= 11 is 0. The molecule has 0 saturated heterocycles. The van der Waals surface area contributed by atoms with Gasteiger partial charge in [0.25, 0.3) is 0 Å². The second-order valence-corrected chi connectivity index (χ2v) is 7.84. The minimum Gasteiger partial charge on any atom is -0.454 e. The summed E-state index contributed by atoms with van der Waals surface area (Å²) in [5.41, 5.74) is 9.78. The van der Waals surface area contributed by atoms with Crippen LogP contribution in [0.4, 0.5) is 31.8 Å². The van der Waals surface area contributed by atoms with Gasteiger partial charge in [-0.25, -0.2) is 18.7 Å². The van der Waals surface area contributed by atoms with Gasteiger partial charge in [-0.3, -0.25) is 0 Å². The van der Waals surface area contributed by atoms with Gasteiger partial charge in [0.05, 0.1) is 6.54 Å². The Balaban J connectivity index is 1.37. The monoisotopic (exact) mass is 457 g/mol. The number of nitrogens with two attached hydrogens (primary N) is 1. The molecule has 2 aromatic carbocycles. The number of aromatic nitrogens is 2. The Kier molecular flexibility index (Phi) is 5.55. The second kappa shape index (κ2) is 8.82. The van der Waals surface area contributed by atoms with E-state index in [-0.39, 0.29) is 11.6 Å². The third-order valence-electron chi connectivity index (χ3n) is 5.62. The lowest BCUT2D eigenvalue weighted by atomic mass is 10.0. The van der Waals surface area contributed by atoms with E-state index in [9.17, 15) is 8.78 Å². The van der Waals surface area contributed by atoms with Crippen LogP contribution in [0, 0.1) is 18.6 Å². The van der Waals surface area contributed by atoms with Gasteiger partial charge in [0.15, 0.2) is 11.6 Å². The van der Waals surface area contributed by atoms with Crippen LogP contribution in [0.5, 0.6) is 11.5 Å². The van der Waals surface area contributed by atoms with E-state index in [1.54, 1.807) is 43.5 Å². The van der Waals surface area contributed by atoms with Crippen LogP contribution >= 0.6 is 0 Å². The van der Waals surface area contributed by atoms with Gasteiger partial charge in [-0.2, -0.15) is 0 Å². The molecule has 0 fully saturated rings. The maximum atomic E-state index is 14.8. The van der Waals surface area contributed by atoms with Crippen molar-refractivity contribution in [1.29, 1.82) is 0 Å². The summed E-state index contributed by atoms with van der Waals surface area (Å²) in [4.78, 5) is 10.4. The number of pyridine rings is 2. The SMILES string of the molecule is Cc1c(Oc2ccc(Nc3nccc4c3CN(c3ccc(F)cc3)C=C4)cc2F)ccnc1N. The largest absolute Gasteiger partial charge is 0.454 e. The van der Waals surface area contributed by atoms with Crippen molar-refractivity contribution in [2.24, 2.45) is 0 Å². The summed E-state index contributed by atoms with van der Waals surface area (Å²) in [6.07, 6.45) is 7.12. The molecule has 0 bridgehead atoms. The molecule has 1 aliphatic heterocycles. The number of anilines is 4. The first-order valence-electron chi connectivity index (χ1n) is 10.6. The summed E-state index contributed by atoms with van der Waals surface area (Å²) in [5, 5.41) is 3.21. The third-order valence-corrected chi connectivity index (χ3v) is 5.62. The molecule has 3 N–H and O–H groups in total. The maximum Gasteiger partial charge on any atom is 0.167 e. The lowest BCUT2D eigenvalue weighted by Gasteiger charge is -2.27. The van der Waals surface area contributed by atoms with Gasteiger partial charge in [0.1, 0.15) is 23.2 Å². The first-order valence-corrected chi connectivity index (χ1v) is 10.6. The Labute approximate surface area is 195 Å². The topological polar surface area (TPSA) is 76.3 Å². The number of benzene rings is 2. The number of hydrogen-bond donors (Lipinski definition) is 2. The van der Waals surface area contributed by atoms with Gasteiger partial charge in [-0.15, -0.1) is 0 Å². The van der Waals surface area contributed by atoms with Crippen molar-refractivity contribution in [3.63, 3.8) is 0 Å². The van der Waals surface area contributed by atoms with Gasteiger partial charge in [-0.1, -0.05) is 0 Å². The molecule has 2 aromatic heterocycles. The van der Waals surface area contributed by atoms with E-state index in [0.29, 0.717) is 35.2 Å². The lowest BCUT2D eigenvalue weighted by molar-refractivity contribution is 0.439. The van der Waals surface area contributed by atoms with Crippen molar-refractivity contribution < 1.29 is 13.5 Å². The quantitative estimate of drug-likeness (QED) is 0.373. The summed E-state index contributed by atoms with van der Waals surface area (Å²) in [6, 6.07) is 14.5. The highest BCUT2D eigenvalue weighted by Crippen LogP contribution is 2.33. The highest BCUT2D eigenvalue weighted by molar-refractivity contribution is 5.71. The molecule has 5 rings (SSSR count). The van der Waals surface area contributed by atoms with Crippen molar-refractivity contribution in [2.45, 2.75) is 13.5 Å². The van der Waals surface area contributed by atoms with Crippen LogP contribution in [0.1, 0.15) is 16.7 Å². The summed E-state index contributed by atoms with van der Waals surface area (Å²) in [5.74, 6) is 0.648. The highest BCUT2D eigenvalue weighted by atomic mass is 19.1. The van der Waals surface area contributed by atoms with E-state index in [0.717, 1.165) is 16.8 Å². The molecule has 170 valence electrons. The molecule has 0 radical (unpaired) electrons. The summed E-state index contributed by atoms with van der Waals surface area (Å²) in [6.45, 7) is 2.29. The fourth-order valence-corrected chi connectivity index (χ4v) is 3.70. The molecule has 4 aromatic rings. The predicted octanol–water partition coefficient (Wildman–Crippen LogP) is 6.17. The Morgan fingerprint density at radius 1 is 0.971 bits per heavy atom. The number of nitrogens with one attached hydrogen (secondary N) is 1. The molecule has 3 heterocycles. The van der Waals surface area contributed by atoms with E-state index in [2.05, 4.69) is 15.3 Å². The molecule has 0 atom stereocenters. The molecule has 1 aliphatic rings. The van der Waals surface area contributed by atoms with Gasteiger partial charge in [0.2, 0.25) is 0 Å². The van der Waals surface area contributed by atoms with Gasteiger partial charge in [0, 0.05) is 47.2 Å². The molecule has 0 unspecified atom stereocenters. The van der Waals surface area contributed by atoms with Crippen LogP contribution in [0.15, 0.2) is 73.2 Å². The number of fused-ring (bicyclic) bond motifs is 1. The van der Waals surface area contributed by atoms with Crippen molar-refractivity contribution in [1.82, 2.24) is 9.97 Å². The fourth-order valence-electron chi connectivity index (χ4n) is 3.70. The van der Waals surface area contributed by atoms with E-state index in [1.807, 2.05) is 23.2 Å². The van der Waals surface area contributed by atoms with Crippen LogP contribution in [0.2, 0.25) is 0 Å². The van der Waals surface area contributed by atoms with Crippen molar-refractivity contribution >= 4 is 29.1 Å². The first kappa shape index (κ1) is 21.4. The number of ether oxygens (including phenoxy) is 1. The molecule has 34 heavy (non-hydrogen) atoms. The molecule has 8 heteroatoms. The number of nitrogens with zero attached hydrogens (tertiary/aromatic N) is 3. The Morgan fingerprint density at radius 2 is 1.76 bits per heavy atom. The van der Waals surface area contributed by atoms with Crippen LogP contribution in [-0.4, -0.2) is 9.97 Å². The average molecular weight is 457 g/mol. The van der Waals surface area contributed by atoms with Crippen molar-refractivity contribution in [2.75, 3.05) is 16.0 Å². The Bertz CT molecular complexity index is 1390. The van der Waals surface area contributed by atoms with E-state index in [1.165, 1.54) is 24.4 Å². The molecular weight excluding hydrogens is 436 g/mol. The molecule has 0 spiro atoms. The van der Waals surface area contributed by atoms with Crippen molar-refractivity contribution in [3.8, 4) is 11.5 Å². The second-order valence-electron chi connectivity index (χ2n) is 7.84. The van der Waals surface area contributed by atoms with Crippen LogP contribution in [0.25, 0.3) is 6.08 Å². The minimum absolute atomic E-state index is 0.0766. The average Bonchev–Trinajstić information content (AvgIpc) is 2.84. The van der Waals surface area contributed by atoms with Gasteiger partial charge >= 0.3 is 0 Å². The van der Waals surface area contributed by atoms with E-state index in [4.69, 9.17) is 10.5 Å². The summed E-state index contributed by atoms with van der Waals surface area (Å²) < 4.78 is 33.9. The summed E-state index contributed by atoms with van der Waals surface area (Å²) in [7, 11) is 0. The highest BCUT2D eigenvalue weighted by Gasteiger charge is 2.18. The maximum absolute atomic E-state index is 14.8. The molecule has 0 saturated carbocycles. The third kappa shape index (κ3) is 4.25. The molecule has 0 aliphatic carbocycles. The Hall–Kier alpha value is -4.46. The zero-order chi connectivity index (χ0) is 23.7. The normalized spacial score (nSPS) is 12.4. The van der Waals surface area contributed by atoms with Gasteiger partial charge in [-0.05, 0) is 67.1 Å². The van der Waals surface area contributed by atoms with Crippen LogP contribution < -0.4 is 20.7 Å². The number of halogens is 2.